The smallest absolute Gasteiger partial charge is 0.128 e. The van der Waals surface area contributed by atoms with Gasteiger partial charge < -0.3 is 10.6 Å². The van der Waals surface area contributed by atoms with Gasteiger partial charge >= 0.3 is 0 Å². The van der Waals surface area contributed by atoms with Crippen LogP contribution in [0.15, 0.2) is 34.2 Å². The third kappa shape index (κ3) is 4.30. The number of nitrogens with two attached hydrogens (primary N) is 1. The Kier molecular flexibility index (Phi) is 4.96. The van der Waals surface area contributed by atoms with Crippen LogP contribution < -0.4 is 10.6 Å². The SMILES string of the molecule is CC(N)Cc1ccc(N(C)Cc2cc(Br)cs2)nc1. The third-order valence-corrected chi connectivity index (χ3v) is 4.46. The standard InChI is InChI=1S/C14H18BrN3S/c1-10(16)5-11-3-4-14(17-7-11)18(2)8-13-6-12(15)9-19-13/h3-4,6-7,9-10H,5,8,16H2,1-2H3. The fraction of sp³-hybridized carbons (Fsp3) is 0.357. The first-order valence-electron chi connectivity index (χ1n) is 6.19. The Morgan fingerprint density at radius 3 is 2.79 bits per heavy atom. The maximum atomic E-state index is 5.79. The van der Waals surface area contributed by atoms with Gasteiger partial charge in [-0.3, -0.25) is 0 Å². The van der Waals surface area contributed by atoms with Gasteiger partial charge in [-0.1, -0.05) is 6.07 Å². The van der Waals surface area contributed by atoms with Crippen molar-refractivity contribution in [1.29, 1.82) is 0 Å². The van der Waals surface area contributed by atoms with Gasteiger partial charge in [0.1, 0.15) is 5.82 Å². The zero-order valence-electron chi connectivity index (χ0n) is 11.1. The van der Waals surface area contributed by atoms with Gasteiger partial charge in [0.05, 0.1) is 6.54 Å². The molecule has 3 nitrogen and oxygen atoms in total. The van der Waals surface area contributed by atoms with Crippen molar-refractivity contribution in [2.24, 2.45) is 5.73 Å². The van der Waals surface area contributed by atoms with E-state index in [1.54, 1.807) is 11.3 Å². The van der Waals surface area contributed by atoms with Crippen LogP contribution in [-0.2, 0) is 13.0 Å². The highest BCUT2D eigenvalue weighted by atomic mass is 79.9. The molecule has 19 heavy (non-hydrogen) atoms. The van der Waals surface area contributed by atoms with Gasteiger partial charge in [-0.25, -0.2) is 4.98 Å². The lowest BCUT2D eigenvalue weighted by atomic mass is 10.1. The monoisotopic (exact) mass is 339 g/mol. The molecule has 1 unspecified atom stereocenters. The Morgan fingerprint density at radius 1 is 1.47 bits per heavy atom. The fourth-order valence-electron chi connectivity index (χ4n) is 1.89. The molecule has 2 aromatic heterocycles. The summed E-state index contributed by atoms with van der Waals surface area (Å²) in [5, 5.41) is 2.10. The van der Waals surface area contributed by atoms with E-state index in [0.717, 1.165) is 23.3 Å². The Labute approximate surface area is 126 Å². The topological polar surface area (TPSA) is 42.1 Å². The molecule has 0 radical (unpaired) electrons. The zero-order valence-corrected chi connectivity index (χ0v) is 13.5. The minimum Gasteiger partial charge on any atom is -0.355 e. The average molecular weight is 340 g/mol. The summed E-state index contributed by atoms with van der Waals surface area (Å²) in [5.41, 5.74) is 6.97. The van der Waals surface area contributed by atoms with Gasteiger partial charge in [0, 0.05) is 34.0 Å². The summed E-state index contributed by atoms with van der Waals surface area (Å²) in [7, 11) is 2.06. The number of hydrogen-bond acceptors (Lipinski definition) is 4. The number of anilines is 1. The molecule has 0 spiro atoms. The molecule has 0 aliphatic heterocycles. The Morgan fingerprint density at radius 2 is 2.26 bits per heavy atom. The largest absolute Gasteiger partial charge is 0.355 e. The summed E-state index contributed by atoms with van der Waals surface area (Å²) >= 11 is 5.23. The van der Waals surface area contributed by atoms with Crippen LogP contribution in [0.4, 0.5) is 5.82 Å². The van der Waals surface area contributed by atoms with Gasteiger partial charge in [0.15, 0.2) is 0 Å². The lowest BCUT2D eigenvalue weighted by Gasteiger charge is -2.17. The Balaban J connectivity index is 2.01. The van der Waals surface area contributed by atoms with Crippen LogP contribution in [0.3, 0.4) is 0 Å². The number of hydrogen-bond donors (Lipinski definition) is 1. The summed E-state index contributed by atoms with van der Waals surface area (Å²) < 4.78 is 1.14. The molecular formula is C14H18BrN3S. The van der Waals surface area contributed by atoms with Gasteiger partial charge in [0.2, 0.25) is 0 Å². The van der Waals surface area contributed by atoms with Crippen molar-refractivity contribution in [3.8, 4) is 0 Å². The molecular weight excluding hydrogens is 322 g/mol. The van der Waals surface area contributed by atoms with Crippen molar-refractivity contribution < 1.29 is 0 Å². The van der Waals surface area contributed by atoms with E-state index < -0.39 is 0 Å². The first-order chi connectivity index (χ1) is 9.04. The molecule has 0 aliphatic rings. The highest BCUT2D eigenvalue weighted by molar-refractivity contribution is 9.10. The molecule has 102 valence electrons. The molecule has 0 saturated heterocycles. The van der Waals surface area contributed by atoms with Crippen LogP contribution in [0, 0.1) is 0 Å². The second-order valence-electron chi connectivity index (χ2n) is 4.79. The van der Waals surface area contributed by atoms with E-state index in [1.165, 1.54) is 10.4 Å². The van der Waals surface area contributed by atoms with Gasteiger partial charge in [-0.15, -0.1) is 11.3 Å². The summed E-state index contributed by atoms with van der Waals surface area (Å²) in [6.07, 6.45) is 2.79. The lowest BCUT2D eigenvalue weighted by molar-refractivity contribution is 0.735. The molecule has 0 saturated carbocycles. The van der Waals surface area contributed by atoms with Crippen LogP contribution in [-0.4, -0.2) is 18.1 Å². The van der Waals surface area contributed by atoms with Crippen LogP contribution in [0.5, 0.6) is 0 Å². The second kappa shape index (κ2) is 6.50. The summed E-state index contributed by atoms with van der Waals surface area (Å²) in [5.74, 6) is 0.984. The molecule has 2 heterocycles. The minimum absolute atomic E-state index is 0.175. The number of rotatable bonds is 5. The second-order valence-corrected chi connectivity index (χ2v) is 6.70. The Bertz CT molecular complexity index is 522. The van der Waals surface area contributed by atoms with E-state index in [0.29, 0.717) is 0 Å². The molecule has 1 atom stereocenters. The van der Waals surface area contributed by atoms with Crippen molar-refractivity contribution in [2.45, 2.75) is 25.9 Å². The van der Waals surface area contributed by atoms with Crippen molar-refractivity contribution >= 4 is 33.1 Å². The maximum absolute atomic E-state index is 5.79. The number of pyridine rings is 1. The third-order valence-electron chi connectivity index (χ3n) is 2.77. The van der Waals surface area contributed by atoms with Crippen molar-refractivity contribution in [1.82, 2.24) is 4.98 Å². The molecule has 2 aromatic rings. The summed E-state index contributed by atoms with van der Waals surface area (Å²) in [6.45, 7) is 2.88. The maximum Gasteiger partial charge on any atom is 0.128 e. The quantitative estimate of drug-likeness (QED) is 0.907. The highest BCUT2D eigenvalue weighted by Gasteiger charge is 2.06. The van der Waals surface area contributed by atoms with Crippen LogP contribution in [0.1, 0.15) is 17.4 Å². The minimum atomic E-state index is 0.175. The molecule has 0 amide bonds. The molecule has 0 aromatic carbocycles. The molecule has 2 N–H and O–H groups in total. The van der Waals surface area contributed by atoms with Crippen molar-refractivity contribution in [2.75, 3.05) is 11.9 Å². The lowest BCUT2D eigenvalue weighted by Crippen LogP contribution is -2.19. The van der Waals surface area contributed by atoms with Crippen molar-refractivity contribution in [3.63, 3.8) is 0 Å². The van der Waals surface area contributed by atoms with E-state index >= 15 is 0 Å². The van der Waals surface area contributed by atoms with E-state index in [1.807, 2.05) is 13.1 Å². The van der Waals surface area contributed by atoms with E-state index in [4.69, 9.17) is 5.73 Å². The van der Waals surface area contributed by atoms with Gasteiger partial charge in [-0.05, 0) is 47.0 Å². The summed E-state index contributed by atoms with van der Waals surface area (Å²) in [4.78, 5) is 7.96. The van der Waals surface area contributed by atoms with E-state index in [2.05, 4.69) is 56.4 Å². The number of aromatic nitrogens is 1. The number of nitrogens with zero attached hydrogens (tertiary/aromatic N) is 2. The fourth-order valence-corrected chi connectivity index (χ4v) is 3.39. The van der Waals surface area contributed by atoms with Gasteiger partial charge in [-0.2, -0.15) is 0 Å². The van der Waals surface area contributed by atoms with Crippen LogP contribution >= 0.6 is 27.3 Å². The van der Waals surface area contributed by atoms with E-state index in [9.17, 15) is 0 Å². The normalized spacial score (nSPS) is 12.4. The highest BCUT2D eigenvalue weighted by Crippen LogP contribution is 2.22. The first kappa shape index (κ1) is 14.5. The van der Waals surface area contributed by atoms with Crippen LogP contribution in [0.25, 0.3) is 0 Å². The van der Waals surface area contributed by atoms with Gasteiger partial charge in [0.25, 0.3) is 0 Å². The molecule has 5 heteroatoms. The van der Waals surface area contributed by atoms with Crippen molar-refractivity contribution in [3.05, 3.63) is 44.7 Å². The predicted octanol–water partition coefficient (Wildman–Crippen LogP) is 3.43. The zero-order chi connectivity index (χ0) is 13.8. The molecule has 0 bridgehead atoms. The molecule has 0 aliphatic carbocycles. The number of halogens is 1. The molecule has 0 fully saturated rings. The molecule has 2 rings (SSSR count). The first-order valence-corrected chi connectivity index (χ1v) is 7.86. The van der Waals surface area contributed by atoms with E-state index in [-0.39, 0.29) is 6.04 Å². The predicted molar refractivity (Wildman–Crippen MR) is 85.7 cm³/mol. The summed E-state index contributed by atoms with van der Waals surface area (Å²) in [6, 6.07) is 6.48. The number of thiophene rings is 1. The Hall–Kier alpha value is -0.910. The average Bonchev–Trinajstić information content (AvgIpc) is 2.75. The van der Waals surface area contributed by atoms with Crippen LogP contribution in [0.2, 0.25) is 0 Å².